The van der Waals surface area contributed by atoms with Gasteiger partial charge in [0.2, 0.25) is 0 Å². The first-order chi connectivity index (χ1) is 14.1. The molecule has 6 nitrogen and oxygen atoms in total. The lowest BCUT2D eigenvalue weighted by Gasteiger charge is -2.35. The van der Waals surface area contributed by atoms with Crippen molar-refractivity contribution in [2.45, 2.75) is 32.8 Å². The minimum absolute atomic E-state index is 0.0280. The summed E-state index contributed by atoms with van der Waals surface area (Å²) in [6.45, 7) is 8.16. The van der Waals surface area contributed by atoms with Crippen molar-refractivity contribution in [2.24, 2.45) is 5.92 Å². The average Bonchev–Trinajstić information content (AvgIpc) is 2.73. The number of amides is 1. The quantitative estimate of drug-likeness (QED) is 0.843. The zero-order valence-corrected chi connectivity index (χ0v) is 17.2. The number of likely N-dealkylation sites (tertiary alicyclic amines) is 1. The number of piperidine rings is 1. The molecule has 1 amide bonds. The normalized spacial score (nSPS) is 19.7. The number of carbonyl (C=O) groups excluding carboxylic acids is 1. The van der Waals surface area contributed by atoms with E-state index in [4.69, 9.17) is 9.47 Å². The number of nitrogens with one attached hydrogen (secondary N) is 1. The van der Waals surface area contributed by atoms with Crippen molar-refractivity contribution in [1.29, 1.82) is 0 Å². The standard InChI is InChI=1S/C23H29N3O3/c1-16-5-6-21-22(12-16)29-19(15-28-21)14-26-10-7-18(8-11-26)13-25-23(27)20-4-3-9-24-17(20)2/h3-6,9,12,18-19H,7-8,10-11,13-15H2,1-2H3,(H,25,27). The highest BCUT2D eigenvalue weighted by Crippen LogP contribution is 2.32. The van der Waals surface area contributed by atoms with E-state index in [-0.39, 0.29) is 12.0 Å². The summed E-state index contributed by atoms with van der Waals surface area (Å²) in [6.07, 6.45) is 3.93. The molecular formula is C23H29N3O3. The maximum absolute atomic E-state index is 12.4. The Morgan fingerprint density at radius 1 is 1.21 bits per heavy atom. The number of pyridine rings is 1. The Balaban J connectivity index is 1.21. The smallest absolute Gasteiger partial charge is 0.253 e. The number of fused-ring (bicyclic) bond motifs is 1. The molecule has 1 aromatic heterocycles. The SMILES string of the molecule is Cc1ccc2c(c1)OC(CN1CCC(CNC(=O)c3cccnc3C)CC1)CO2. The summed E-state index contributed by atoms with van der Waals surface area (Å²) in [4.78, 5) is 19.0. The lowest BCUT2D eigenvalue weighted by atomic mass is 9.96. The lowest BCUT2D eigenvalue weighted by Crippen LogP contribution is -2.45. The highest BCUT2D eigenvalue weighted by atomic mass is 16.6. The first-order valence-electron chi connectivity index (χ1n) is 10.4. The summed E-state index contributed by atoms with van der Waals surface area (Å²) < 4.78 is 12.0. The second-order valence-electron chi connectivity index (χ2n) is 8.09. The largest absolute Gasteiger partial charge is 0.486 e. The summed E-state index contributed by atoms with van der Waals surface area (Å²) in [7, 11) is 0. The zero-order chi connectivity index (χ0) is 20.2. The third-order valence-electron chi connectivity index (χ3n) is 5.79. The number of carbonyl (C=O) groups is 1. The number of nitrogens with zero attached hydrogens (tertiary/aromatic N) is 2. The van der Waals surface area contributed by atoms with Crippen molar-refractivity contribution in [3.63, 3.8) is 0 Å². The van der Waals surface area contributed by atoms with E-state index in [1.54, 1.807) is 12.3 Å². The average molecular weight is 396 g/mol. The van der Waals surface area contributed by atoms with Crippen molar-refractivity contribution in [2.75, 3.05) is 32.8 Å². The van der Waals surface area contributed by atoms with Crippen LogP contribution in [-0.4, -0.2) is 54.7 Å². The molecule has 2 aliphatic heterocycles. The third-order valence-corrected chi connectivity index (χ3v) is 5.79. The molecule has 1 saturated heterocycles. The molecule has 0 spiro atoms. The third kappa shape index (κ3) is 4.88. The van der Waals surface area contributed by atoms with Gasteiger partial charge in [0.25, 0.3) is 5.91 Å². The number of hydrogen-bond donors (Lipinski definition) is 1. The Morgan fingerprint density at radius 3 is 2.83 bits per heavy atom. The van der Waals surface area contributed by atoms with E-state index in [1.807, 2.05) is 31.2 Å². The molecule has 1 N–H and O–H groups in total. The molecule has 0 saturated carbocycles. The van der Waals surface area contributed by atoms with E-state index in [1.165, 1.54) is 5.56 Å². The molecular weight excluding hydrogens is 366 g/mol. The van der Waals surface area contributed by atoms with Crippen LogP contribution in [0.25, 0.3) is 0 Å². The Bertz CT molecular complexity index is 862. The van der Waals surface area contributed by atoms with Gasteiger partial charge in [0.1, 0.15) is 12.7 Å². The van der Waals surface area contributed by atoms with E-state index < -0.39 is 0 Å². The zero-order valence-electron chi connectivity index (χ0n) is 17.2. The molecule has 0 bridgehead atoms. The number of hydrogen-bond acceptors (Lipinski definition) is 5. The Labute approximate surface area is 172 Å². The Hall–Kier alpha value is -2.60. The van der Waals surface area contributed by atoms with Crippen LogP contribution in [0.1, 0.15) is 34.5 Å². The van der Waals surface area contributed by atoms with Gasteiger partial charge < -0.3 is 14.8 Å². The van der Waals surface area contributed by atoms with Crippen LogP contribution in [0.4, 0.5) is 0 Å². The fourth-order valence-corrected chi connectivity index (χ4v) is 4.03. The molecule has 1 aromatic carbocycles. The summed E-state index contributed by atoms with van der Waals surface area (Å²) in [6, 6.07) is 9.69. The summed E-state index contributed by atoms with van der Waals surface area (Å²) in [5, 5.41) is 3.08. The minimum Gasteiger partial charge on any atom is -0.486 e. The molecule has 3 heterocycles. The molecule has 1 atom stereocenters. The topological polar surface area (TPSA) is 63.7 Å². The van der Waals surface area contributed by atoms with E-state index in [0.29, 0.717) is 18.1 Å². The molecule has 2 aromatic rings. The molecule has 154 valence electrons. The van der Waals surface area contributed by atoms with Crippen LogP contribution < -0.4 is 14.8 Å². The van der Waals surface area contributed by atoms with Gasteiger partial charge in [-0.15, -0.1) is 0 Å². The van der Waals surface area contributed by atoms with Crippen LogP contribution in [0.2, 0.25) is 0 Å². The fraction of sp³-hybridized carbons (Fsp3) is 0.478. The molecule has 6 heteroatoms. The second-order valence-corrected chi connectivity index (χ2v) is 8.09. The van der Waals surface area contributed by atoms with Crippen LogP contribution in [0.15, 0.2) is 36.5 Å². The van der Waals surface area contributed by atoms with Crippen molar-refractivity contribution in [1.82, 2.24) is 15.2 Å². The molecule has 2 aliphatic rings. The summed E-state index contributed by atoms with van der Waals surface area (Å²) in [5.41, 5.74) is 2.61. The second kappa shape index (κ2) is 8.82. The first kappa shape index (κ1) is 19.7. The molecule has 0 aliphatic carbocycles. The number of aryl methyl sites for hydroxylation is 2. The van der Waals surface area contributed by atoms with Gasteiger partial charge in [-0.2, -0.15) is 0 Å². The maximum atomic E-state index is 12.4. The van der Waals surface area contributed by atoms with E-state index in [0.717, 1.165) is 56.2 Å². The van der Waals surface area contributed by atoms with Crippen LogP contribution in [-0.2, 0) is 0 Å². The first-order valence-corrected chi connectivity index (χ1v) is 10.4. The van der Waals surface area contributed by atoms with Gasteiger partial charge >= 0.3 is 0 Å². The summed E-state index contributed by atoms with van der Waals surface area (Å²) in [5.74, 6) is 2.17. The monoisotopic (exact) mass is 395 g/mol. The number of rotatable bonds is 5. The van der Waals surface area contributed by atoms with Gasteiger partial charge in [0.05, 0.1) is 5.56 Å². The fourth-order valence-electron chi connectivity index (χ4n) is 4.03. The Kier molecular flexibility index (Phi) is 6.00. The van der Waals surface area contributed by atoms with Crippen LogP contribution in [0.3, 0.4) is 0 Å². The van der Waals surface area contributed by atoms with Gasteiger partial charge in [0.15, 0.2) is 11.5 Å². The number of benzene rings is 1. The van der Waals surface area contributed by atoms with Crippen molar-refractivity contribution >= 4 is 5.91 Å². The molecule has 1 unspecified atom stereocenters. The van der Waals surface area contributed by atoms with Gasteiger partial charge in [-0.25, -0.2) is 0 Å². The lowest BCUT2D eigenvalue weighted by molar-refractivity contribution is 0.0476. The molecule has 0 radical (unpaired) electrons. The van der Waals surface area contributed by atoms with Gasteiger partial charge in [-0.3, -0.25) is 14.7 Å². The number of ether oxygens (including phenoxy) is 2. The molecule has 4 rings (SSSR count). The van der Waals surface area contributed by atoms with Crippen molar-refractivity contribution in [3.05, 3.63) is 53.3 Å². The predicted octanol–water partition coefficient (Wildman–Crippen LogP) is 2.98. The molecule has 29 heavy (non-hydrogen) atoms. The van der Waals surface area contributed by atoms with Gasteiger partial charge in [0, 0.05) is 25.0 Å². The van der Waals surface area contributed by atoms with Crippen LogP contribution >= 0.6 is 0 Å². The van der Waals surface area contributed by atoms with Gasteiger partial charge in [-0.1, -0.05) is 6.07 Å². The highest BCUT2D eigenvalue weighted by molar-refractivity contribution is 5.95. The highest BCUT2D eigenvalue weighted by Gasteiger charge is 2.26. The van der Waals surface area contributed by atoms with E-state index >= 15 is 0 Å². The number of aromatic nitrogens is 1. The predicted molar refractivity (Wildman–Crippen MR) is 112 cm³/mol. The van der Waals surface area contributed by atoms with Crippen LogP contribution in [0, 0.1) is 19.8 Å². The van der Waals surface area contributed by atoms with Crippen molar-refractivity contribution in [3.8, 4) is 11.5 Å². The van der Waals surface area contributed by atoms with Crippen molar-refractivity contribution < 1.29 is 14.3 Å². The molecule has 1 fully saturated rings. The maximum Gasteiger partial charge on any atom is 0.253 e. The van der Waals surface area contributed by atoms with Gasteiger partial charge in [-0.05, 0) is 75.5 Å². The Morgan fingerprint density at radius 2 is 2.03 bits per heavy atom. The van der Waals surface area contributed by atoms with E-state index in [9.17, 15) is 4.79 Å². The minimum atomic E-state index is -0.0280. The van der Waals surface area contributed by atoms with Crippen LogP contribution in [0.5, 0.6) is 11.5 Å². The van der Waals surface area contributed by atoms with E-state index in [2.05, 4.69) is 22.1 Å². The summed E-state index contributed by atoms with van der Waals surface area (Å²) >= 11 is 0.